The van der Waals surface area contributed by atoms with E-state index in [-0.39, 0.29) is 6.04 Å². The molecule has 0 aromatic carbocycles. The second-order valence-electron chi connectivity index (χ2n) is 6.87. The van der Waals surface area contributed by atoms with Gasteiger partial charge in [-0.2, -0.15) is 9.78 Å². The molecule has 0 radical (unpaired) electrons. The molecule has 3 aromatic heterocycles. The molecule has 0 unspecified atom stereocenters. The summed E-state index contributed by atoms with van der Waals surface area (Å²) in [5, 5.41) is 21.9. The Labute approximate surface area is 155 Å². The second-order valence-corrected chi connectivity index (χ2v) is 6.87. The summed E-state index contributed by atoms with van der Waals surface area (Å²) in [7, 11) is 2.01. The molecule has 2 aliphatic rings. The van der Waals surface area contributed by atoms with Crippen molar-refractivity contribution in [3.63, 3.8) is 0 Å². The quantitative estimate of drug-likeness (QED) is 0.675. The Kier molecular flexibility index (Phi) is 3.65. The number of nitrogens with zero attached hydrogens (tertiary/aromatic N) is 8. The first-order valence-electron chi connectivity index (χ1n) is 8.88. The van der Waals surface area contributed by atoms with Gasteiger partial charge >= 0.3 is 0 Å². The van der Waals surface area contributed by atoms with Crippen LogP contribution in [0.3, 0.4) is 0 Å². The summed E-state index contributed by atoms with van der Waals surface area (Å²) in [5.41, 5.74) is 3.40. The number of hydrogen-bond donors (Lipinski definition) is 0. The zero-order valence-electron chi connectivity index (χ0n) is 14.9. The maximum Gasteiger partial charge on any atom is 0.177 e. The van der Waals surface area contributed by atoms with Crippen molar-refractivity contribution >= 4 is 17.3 Å². The fourth-order valence-electron chi connectivity index (χ4n) is 3.57. The third kappa shape index (κ3) is 2.65. The molecular weight excluding hydrogens is 344 g/mol. The zero-order chi connectivity index (χ0) is 18.4. The second kappa shape index (κ2) is 6.17. The topological polar surface area (TPSA) is 95.5 Å². The SMILES string of the molecule is CN(c1nc2c(cc1C#N)COCC2)C1CN(c2ccc3nncn3n2)C1. The number of pyridine rings is 1. The van der Waals surface area contributed by atoms with Crippen LogP contribution in [0.2, 0.25) is 0 Å². The Morgan fingerprint density at radius 2 is 2.22 bits per heavy atom. The number of rotatable bonds is 3. The minimum absolute atomic E-state index is 0.279. The number of nitriles is 1. The predicted octanol–water partition coefficient (Wildman–Crippen LogP) is 0.789. The van der Waals surface area contributed by atoms with Crippen molar-refractivity contribution in [2.75, 3.05) is 36.5 Å². The molecular formula is C18H18N8O. The standard InChI is InChI=1S/C18H18N8O/c1-24(18-12(7-19)6-13-10-27-5-4-15(13)21-18)14-8-25(9-14)17-3-2-16-22-20-11-26(16)23-17/h2-3,6,11,14H,4-5,8-10H2,1H3. The first-order valence-corrected chi connectivity index (χ1v) is 8.88. The zero-order valence-corrected chi connectivity index (χ0v) is 14.9. The van der Waals surface area contributed by atoms with Crippen LogP contribution in [-0.2, 0) is 17.8 Å². The highest BCUT2D eigenvalue weighted by molar-refractivity contribution is 5.58. The summed E-state index contributed by atoms with van der Waals surface area (Å²) >= 11 is 0. The maximum atomic E-state index is 9.56. The molecule has 0 atom stereocenters. The van der Waals surface area contributed by atoms with Crippen molar-refractivity contribution < 1.29 is 4.74 Å². The molecule has 5 rings (SSSR count). The normalized spacial score (nSPS) is 16.7. The van der Waals surface area contributed by atoms with Gasteiger partial charge in [0.1, 0.15) is 24.0 Å². The van der Waals surface area contributed by atoms with Crippen LogP contribution >= 0.6 is 0 Å². The first-order chi connectivity index (χ1) is 13.2. The van der Waals surface area contributed by atoms with Crippen molar-refractivity contribution in [2.45, 2.75) is 19.1 Å². The largest absolute Gasteiger partial charge is 0.376 e. The van der Waals surface area contributed by atoms with Crippen molar-refractivity contribution in [1.29, 1.82) is 5.26 Å². The Balaban J connectivity index is 1.35. The van der Waals surface area contributed by atoms with Gasteiger partial charge in [0.05, 0.1) is 30.5 Å². The van der Waals surface area contributed by atoms with E-state index in [0.717, 1.165) is 48.1 Å². The molecule has 136 valence electrons. The van der Waals surface area contributed by atoms with Crippen LogP contribution < -0.4 is 9.80 Å². The molecule has 3 aromatic rings. The minimum atomic E-state index is 0.279. The molecule has 5 heterocycles. The van der Waals surface area contributed by atoms with E-state index in [1.807, 2.05) is 25.2 Å². The molecule has 9 heteroatoms. The molecule has 1 saturated heterocycles. The van der Waals surface area contributed by atoms with Crippen LogP contribution in [-0.4, -0.2) is 57.6 Å². The average molecular weight is 362 g/mol. The number of anilines is 2. The van der Waals surface area contributed by atoms with Gasteiger partial charge in [0.2, 0.25) is 0 Å². The Bertz CT molecular complexity index is 1050. The number of fused-ring (bicyclic) bond motifs is 2. The third-order valence-corrected chi connectivity index (χ3v) is 5.25. The molecule has 0 amide bonds. The van der Waals surface area contributed by atoms with Crippen LogP contribution in [0.4, 0.5) is 11.6 Å². The number of ether oxygens (including phenoxy) is 1. The lowest BCUT2D eigenvalue weighted by molar-refractivity contribution is 0.109. The van der Waals surface area contributed by atoms with Crippen molar-refractivity contribution in [2.24, 2.45) is 0 Å². The highest BCUT2D eigenvalue weighted by Gasteiger charge is 2.33. The fraction of sp³-hybridized carbons (Fsp3) is 0.389. The first kappa shape index (κ1) is 16.0. The van der Waals surface area contributed by atoms with Crippen LogP contribution in [0.15, 0.2) is 24.5 Å². The highest BCUT2D eigenvalue weighted by atomic mass is 16.5. The van der Waals surface area contributed by atoms with Gasteiger partial charge in [-0.25, -0.2) is 4.98 Å². The summed E-state index contributed by atoms with van der Waals surface area (Å²) in [5.74, 6) is 1.65. The molecule has 1 fully saturated rings. The Morgan fingerprint density at radius 3 is 3.07 bits per heavy atom. The van der Waals surface area contributed by atoms with Gasteiger partial charge in [-0.1, -0.05) is 0 Å². The minimum Gasteiger partial charge on any atom is -0.376 e. The van der Waals surface area contributed by atoms with Crippen molar-refractivity contribution in [3.05, 3.63) is 41.3 Å². The van der Waals surface area contributed by atoms with Crippen molar-refractivity contribution in [1.82, 2.24) is 24.8 Å². The van der Waals surface area contributed by atoms with E-state index < -0.39 is 0 Å². The summed E-state index contributed by atoms with van der Waals surface area (Å²) in [6.45, 7) is 2.87. The van der Waals surface area contributed by atoms with Crippen LogP contribution in [0.1, 0.15) is 16.8 Å². The van der Waals surface area contributed by atoms with Gasteiger partial charge in [0.25, 0.3) is 0 Å². The number of hydrogen-bond acceptors (Lipinski definition) is 8. The molecule has 0 spiro atoms. The third-order valence-electron chi connectivity index (χ3n) is 5.25. The number of aromatic nitrogens is 5. The molecule has 27 heavy (non-hydrogen) atoms. The Hall–Kier alpha value is -3.25. The smallest absolute Gasteiger partial charge is 0.177 e. The lowest BCUT2D eigenvalue weighted by atomic mass is 10.0. The summed E-state index contributed by atoms with van der Waals surface area (Å²) < 4.78 is 7.15. The van der Waals surface area contributed by atoms with Gasteiger partial charge in [0.15, 0.2) is 5.65 Å². The van der Waals surface area contributed by atoms with E-state index in [9.17, 15) is 5.26 Å². The van der Waals surface area contributed by atoms with E-state index >= 15 is 0 Å². The number of likely N-dealkylation sites (N-methyl/N-ethyl adjacent to an activating group) is 1. The lowest BCUT2D eigenvalue weighted by Crippen LogP contribution is -2.59. The predicted molar refractivity (Wildman–Crippen MR) is 97.5 cm³/mol. The monoisotopic (exact) mass is 362 g/mol. The van der Waals surface area contributed by atoms with Gasteiger partial charge in [-0.3, -0.25) is 0 Å². The average Bonchev–Trinajstić information content (AvgIpc) is 3.13. The summed E-state index contributed by atoms with van der Waals surface area (Å²) in [4.78, 5) is 9.09. The fourth-order valence-corrected chi connectivity index (χ4v) is 3.57. The molecule has 0 bridgehead atoms. The van der Waals surface area contributed by atoms with Crippen LogP contribution in [0.25, 0.3) is 5.65 Å². The summed E-state index contributed by atoms with van der Waals surface area (Å²) in [6.07, 6.45) is 2.39. The van der Waals surface area contributed by atoms with Gasteiger partial charge < -0.3 is 14.5 Å². The van der Waals surface area contributed by atoms with E-state index in [4.69, 9.17) is 9.72 Å². The van der Waals surface area contributed by atoms with Crippen LogP contribution in [0.5, 0.6) is 0 Å². The maximum absolute atomic E-state index is 9.56. The molecule has 0 N–H and O–H groups in total. The van der Waals surface area contributed by atoms with E-state index in [0.29, 0.717) is 18.8 Å². The van der Waals surface area contributed by atoms with Gasteiger partial charge in [-0.05, 0) is 18.2 Å². The molecule has 2 aliphatic heterocycles. The summed E-state index contributed by atoms with van der Waals surface area (Å²) in [6, 6.07) is 8.35. The van der Waals surface area contributed by atoms with E-state index in [1.54, 1.807) is 10.8 Å². The van der Waals surface area contributed by atoms with Gasteiger partial charge in [0, 0.05) is 32.1 Å². The molecule has 0 saturated carbocycles. The lowest BCUT2D eigenvalue weighted by Gasteiger charge is -2.45. The molecule has 0 aliphatic carbocycles. The van der Waals surface area contributed by atoms with E-state index in [2.05, 4.69) is 31.2 Å². The van der Waals surface area contributed by atoms with Gasteiger partial charge in [-0.15, -0.1) is 15.3 Å². The van der Waals surface area contributed by atoms with Crippen molar-refractivity contribution in [3.8, 4) is 6.07 Å². The Morgan fingerprint density at radius 1 is 1.33 bits per heavy atom. The highest BCUT2D eigenvalue weighted by Crippen LogP contribution is 2.28. The van der Waals surface area contributed by atoms with Crippen LogP contribution in [0, 0.1) is 11.3 Å². The van der Waals surface area contributed by atoms with E-state index in [1.165, 1.54) is 0 Å². The molecule has 9 nitrogen and oxygen atoms in total.